The van der Waals surface area contributed by atoms with Crippen LogP contribution < -0.4 is 10.2 Å². The summed E-state index contributed by atoms with van der Waals surface area (Å²) in [5.74, 6) is -2.11. The Labute approximate surface area is 241 Å². The lowest BCUT2D eigenvalue weighted by Gasteiger charge is -2.16. The number of nitrogens with zero attached hydrogens (tertiary/aromatic N) is 1. The summed E-state index contributed by atoms with van der Waals surface area (Å²) in [7, 11) is 0. The first kappa shape index (κ1) is 28.9. The summed E-state index contributed by atoms with van der Waals surface area (Å²) in [6, 6.07) is 19.4. The maximum Gasteiger partial charge on any atom is 0.338 e. The molecule has 0 aromatic heterocycles. The third-order valence-electron chi connectivity index (χ3n) is 5.58. The van der Waals surface area contributed by atoms with Crippen LogP contribution in [0.1, 0.15) is 47.9 Å². The zero-order valence-corrected chi connectivity index (χ0v) is 23.7. The Bertz CT molecular complexity index is 1470. The van der Waals surface area contributed by atoms with Gasteiger partial charge < -0.3 is 14.8 Å². The fourth-order valence-electron chi connectivity index (χ4n) is 3.74. The molecule has 0 spiro atoms. The first-order chi connectivity index (χ1) is 19.2. The third-order valence-corrected chi connectivity index (χ3v) is 6.93. The van der Waals surface area contributed by atoms with E-state index in [1.165, 1.54) is 24.3 Å². The molecule has 0 unspecified atom stereocenters. The summed E-state index contributed by atoms with van der Waals surface area (Å²) in [6.45, 7) is 5.69. The number of thioether (sulfide) groups is 1. The summed E-state index contributed by atoms with van der Waals surface area (Å²) in [5, 5.41) is 3.58. The number of esters is 2. The first-order valence-electron chi connectivity index (χ1n) is 12.6. The largest absolute Gasteiger partial charge is 0.462 e. The van der Waals surface area contributed by atoms with Crippen LogP contribution in [0.25, 0.3) is 0 Å². The van der Waals surface area contributed by atoms with Crippen molar-refractivity contribution in [1.29, 1.82) is 0 Å². The fraction of sp³-hybridized carbons (Fsp3) is 0.200. The van der Waals surface area contributed by atoms with Gasteiger partial charge >= 0.3 is 11.9 Å². The number of carbonyl (C=O) groups excluding carboxylic acids is 4. The topological polar surface area (TPSA) is 102 Å². The normalized spacial score (nSPS) is 13.2. The van der Waals surface area contributed by atoms with Gasteiger partial charge in [0.2, 0.25) is 0 Å². The Hall–Kier alpha value is -4.08. The van der Waals surface area contributed by atoms with Crippen LogP contribution in [-0.2, 0) is 19.1 Å². The van der Waals surface area contributed by atoms with Crippen LogP contribution in [0.4, 0.5) is 11.4 Å². The minimum atomic E-state index is -0.585. The van der Waals surface area contributed by atoms with E-state index in [0.29, 0.717) is 45.4 Å². The molecule has 206 valence electrons. The van der Waals surface area contributed by atoms with Crippen LogP contribution in [0.3, 0.4) is 0 Å². The monoisotopic (exact) mass is 578 g/mol. The van der Waals surface area contributed by atoms with Crippen LogP contribution in [0.15, 0.2) is 88.3 Å². The smallest absolute Gasteiger partial charge is 0.338 e. The number of rotatable bonds is 10. The molecular formula is C30H27ClN2O6S. The van der Waals surface area contributed by atoms with E-state index < -0.39 is 23.8 Å². The Morgan fingerprint density at radius 1 is 0.925 bits per heavy atom. The van der Waals surface area contributed by atoms with Gasteiger partial charge in [-0.2, -0.15) is 0 Å². The Morgan fingerprint density at radius 3 is 2.27 bits per heavy atom. The molecule has 40 heavy (non-hydrogen) atoms. The second kappa shape index (κ2) is 12.8. The van der Waals surface area contributed by atoms with Gasteiger partial charge in [-0.1, -0.05) is 36.4 Å². The standard InChI is InChI=1S/C30H27ClN2O6S/c1-4-16-38-29(36)20-6-5-7-22(17-20)32-25-26(40-24-14-10-21(31)11-15-24)28(35)33(27(25)34)23-12-8-19(9-13-23)30(37)39-18(2)3/h5-15,17-18,32H,4,16H2,1-3H3. The highest BCUT2D eigenvalue weighted by atomic mass is 35.5. The van der Waals surface area contributed by atoms with Crippen molar-refractivity contribution >= 4 is 58.5 Å². The molecule has 10 heteroatoms. The van der Waals surface area contributed by atoms with Crippen LogP contribution >= 0.6 is 23.4 Å². The zero-order valence-electron chi connectivity index (χ0n) is 22.1. The second-order valence-electron chi connectivity index (χ2n) is 9.05. The number of imide groups is 1. The van der Waals surface area contributed by atoms with Gasteiger partial charge in [0.1, 0.15) is 10.6 Å². The molecule has 0 atom stereocenters. The molecule has 0 aliphatic carbocycles. The molecule has 0 radical (unpaired) electrons. The first-order valence-corrected chi connectivity index (χ1v) is 13.8. The van der Waals surface area contributed by atoms with Gasteiger partial charge in [-0.05, 0) is 87.0 Å². The SMILES string of the molecule is CCCOC(=O)c1cccc(NC2=C(Sc3ccc(Cl)cc3)C(=O)N(c3ccc(C(=O)OC(C)C)cc3)C2=O)c1. The predicted octanol–water partition coefficient (Wildman–Crippen LogP) is 6.46. The van der Waals surface area contributed by atoms with Crippen molar-refractivity contribution in [3.8, 4) is 0 Å². The van der Waals surface area contributed by atoms with Gasteiger partial charge in [0.05, 0.1) is 29.5 Å². The van der Waals surface area contributed by atoms with E-state index in [2.05, 4.69) is 5.32 Å². The van der Waals surface area contributed by atoms with Crippen molar-refractivity contribution in [2.24, 2.45) is 0 Å². The minimum absolute atomic E-state index is 0.0484. The number of benzene rings is 3. The lowest BCUT2D eigenvalue weighted by molar-refractivity contribution is -0.120. The molecule has 0 fully saturated rings. The molecular weight excluding hydrogens is 552 g/mol. The molecule has 0 saturated carbocycles. The van der Waals surface area contributed by atoms with E-state index in [-0.39, 0.29) is 16.7 Å². The lowest BCUT2D eigenvalue weighted by atomic mass is 10.2. The van der Waals surface area contributed by atoms with Crippen molar-refractivity contribution in [3.63, 3.8) is 0 Å². The summed E-state index contributed by atoms with van der Waals surface area (Å²) >= 11 is 7.14. The van der Waals surface area contributed by atoms with Crippen molar-refractivity contribution in [3.05, 3.63) is 99.5 Å². The number of amides is 2. The summed E-state index contributed by atoms with van der Waals surface area (Å²) in [5.41, 5.74) is 1.38. The number of nitrogens with one attached hydrogen (secondary N) is 1. The number of ether oxygens (including phenoxy) is 2. The van der Waals surface area contributed by atoms with Crippen molar-refractivity contribution in [2.75, 3.05) is 16.8 Å². The molecule has 0 saturated heterocycles. The van der Waals surface area contributed by atoms with Crippen LogP contribution in [0, 0.1) is 0 Å². The maximum atomic E-state index is 13.7. The van der Waals surface area contributed by atoms with Gasteiger partial charge in [0.25, 0.3) is 11.8 Å². The van der Waals surface area contributed by atoms with Gasteiger partial charge in [0.15, 0.2) is 0 Å². The Kier molecular flexibility index (Phi) is 9.29. The van der Waals surface area contributed by atoms with E-state index in [4.69, 9.17) is 21.1 Å². The molecule has 3 aromatic carbocycles. The number of anilines is 2. The zero-order chi connectivity index (χ0) is 28.8. The van der Waals surface area contributed by atoms with Gasteiger partial charge in [-0.25, -0.2) is 14.5 Å². The quantitative estimate of drug-likeness (QED) is 0.216. The summed E-state index contributed by atoms with van der Waals surface area (Å²) in [6.07, 6.45) is 0.403. The van der Waals surface area contributed by atoms with Crippen LogP contribution in [0.2, 0.25) is 5.02 Å². The maximum absolute atomic E-state index is 13.7. The molecule has 2 amide bonds. The second-order valence-corrected chi connectivity index (χ2v) is 10.6. The highest BCUT2D eigenvalue weighted by Crippen LogP contribution is 2.38. The lowest BCUT2D eigenvalue weighted by Crippen LogP contribution is -2.32. The van der Waals surface area contributed by atoms with E-state index in [0.717, 1.165) is 16.7 Å². The molecule has 1 N–H and O–H groups in total. The van der Waals surface area contributed by atoms with E-state index in [1.807, 2.05) is 6.92 Å². The number of hydrogen-bond acceptors (Lipinski definition) is 8. The van der Waals surface area contributed by atoms with Crippen LogP contribution in [0.5, 0.6) is 0 Å². The van der Waals surface area contributed by atoms with Gasteiger partial charge in [-0.15, -0.1) is 0 Å². The average Bonchev–Trinajstić information content (AvgIpc) is 3.16. The average molecular weight is 579 g/mol. The highest BCUT2D eigenvalue weighted by Gasteiger charge is 2.40. The predicted molar refractivity (Wildman–Crippen MR) is 154 cm³/mol. The Morgan fingerprint density at radius 2 is 1.62 bits per heavy atom. The number of hydrogen-bond donors (Lipinski definition) is 1. The van der Waals surface area contributed by atoms with Crippen LogP contribution in [-0.4, -0.2) is 36.5 Å². The third kappa shape index (κ3) is 6.73. The molecule has 1 aliphatic rings. The van der Waals surface area contributed by atoms with Crippen molar-refractivity contribution in [2.45, 2.75) is 38.2 Å². The van der Waals surface area contributed by atoms with Crippen molar-refractivity contribution < 1.29 is 28.7 Å². The number of halogens is 1. The fourth-order valence-corrected chi connectivity index (χ4v) is 4.80. The minimum Gasteiger partial charge on any atom is -0.462 e. The van der Waals surface area contributed by atoms with E-state index in [9.17, 15) is 19.2 Å². The van der Waals surface area contributed by atoms with Gasteiger partial charge in [-0.3, -0.25) is 9.59 Å². The molecule has 1 heterocycles. The molecule has 1 aliphatic heterocycles. The van der Waals surface area contributed by atoms with E-state index >= 15 is 0 Å². The summed E-state index contributed by atoms with van der Waals surface area (Å²) in [4.78, 5) is 53.8. The number of carbonyl (C=O) groups is 4. The van der Waals surface area contributed by atoms with E-state index in [1.54, 1.807) is 62.4 Å². The Balaban J connectivity index is 1.66. The highest BCUT2D eigenvalue weighted by molar-refractivity contribution is 8.04. The van der Waals surface area contributed by atoms with Crippen molar-refractivity contribution in [1.82, 2.24) is 0 Å². The molecule has 8 nitrogen and oxygen atoms in total. The molecule has 3 aromatic rings. The van der Waals surface area contributed by atoms with Gasteiger partial charge in [0, 0.05) is 15.6 Å². The molecule has 0 bridgehead atoms. The molecule has 4 rings (SSSR count). The summed E-state index contributed by atoms with van der Waals surface area (Å²) < 4.78 is 10.4.